The molecule has 2 aromatic rings. The molecule has 2 rings (SSSR count). The Morgan fingerprint density at radius 3 is 2.63 bits per heavy atom. The Morgan fingerprint density at radius 2 is 1.95 bits per heavy atom. The molecule has 19 heavy (non-hydrogen) atoms. The standard InChI is InChI=1S/C15H15ClFNO/c1-2-18-10-11-7-8-14(12(16)9-11)19-15-6-4-3-5-13(15)17/h3-9,18H,2,10H2,1H3. The predicted octanol–water partition coefficient (Wildman–Crippen LogP) is 4.38. The predicted molar refractivity (Wildman–Crippen MR) is 75.3 cm³/mol. The Bertz CT molecular complexity index is 560. The molecule has 0 aliphatic carbocycles. The van der Waals surface area contributed by atoms with Gasteiger partial charge >= 0.3 is 0 Å². The van der Waals surface area contributed by atoms with Gasteiger partial charge in [-0.05, 0) is 36.4 Å². The fourth-order valence-electron chi connectivity index (χ4n) is 1.65. The molecule has 2 nitrogen and oxygen atoms in total. The van der Waals surface area contributed by atoms with E-state index in [-0.39, 0.29) is 5.75 Å². The van der Waals surface area contributed by atoms with E-state index in [2.05, 4.69) is 5.32 Å². The third-order valence-electron chi connectivity index (χ3n) is 2.63. The van der Waals surface area contributed by atoms with Gasteiger partial charge in [-0.1, -0.05) is 36.7 Å². The molecule has 0 aliphatic heterocycles. The molecule has 0 saturated heterocycles. The lowest BCUT2D eigenvalue weighted by atomic mass is 10.2. The number of nitrogens with one attached hydrogen (secondary N) is 1. The van der Waals surface area contributed by atoms with Gasteiger partial charge in [0.1, 0.15) is 5.75 Å². The number of benzene rings is 2. The minimum Gasteiger partial charge on any atom is -0.453 e. The summed E-state index contributed by atoms with van der Waals surface area (Å²) in [5.41, 5.74) is 1.06. The minimum atomic E-state index is -0.407. The number of halogens is 2. The van der Waals surface area contributed by atoms with Crippen molar-refractivity contribution in [1.29, 1.82) is 0 Å². The van der Waals surface area contributed by atoms with Crippen LogP contribution in [0.2, 0.25) is 5.02 Å². The average Bonchev–Trinajstić information content (AvgIpc) is 2.41. The Balaban J connectivity index is 2.15. The van der Waals surface area contributed by atoms with Crippen molar-refractivity contribution in [2.75, 3.05) is 6.54 Å². The normalized spacial score (nSPS) is 10.5. The zero-order valence-corrected chi connectivity index (χ0v) is 11.4. The number of hydrogen-bond donors (Lipinski definition) is 1. The van der Waals surface area contributed by atoms with E-state index in [0.29, 0.717) is 10.8 Å². The molecule has 1 N–H and O–H groups in total. The van der Waals surface area contributed by atoms with Crippen LogP contribution in [0, 0.1) is 5.82 Å². The molecular weight excluding hydrogens is 265 g/mol. The Labute approximate surface area is 117 Å². The maximum atomic E-state index is 13.5. The van der Waals surface area contributed by atoms with Crippen LogP contribution in [0.25, 0.3) is 0 Å². The van der Waals surface area contributed by atoms with Gasteiger partial charge in [0.15, 0.2) is 11.6 Å². The van der Waals surface area contributed by atoms with E-state index >= 15 is 0 Å². The molecule has 0 saturated carbocycles. The van der Waals surface area contributed by atoms with Gasteiger partial charge in [0.25, 0.3) is 0 Å². The molecule has 0 atom stereocenters. The van der Waals surface area contributed by atoms with E-state index in [1.807, 2.05) is 19.1 Å². The van der Waals surface area contributed by atoms with E-state index < -0.39 is 5.82 Å². The van der Waals surface area contributed by atoms with Gasteiger partial charge in [-0.3, -0.25) is 0 Å². The maximum Gasteiger partial charge on any atom is 0.165 e. The summed E-state index contributed by atoms with van der Waals surface area (Å²) >= 11 is 6.14. The first-order chi connectivity index (χ1) is 9.20. The van der Waals surface area contributed by atoms with Gasteiger partial charge in [-0.25, -0.2) is 4.39 Å². The first kappa shape index (κ1) is 13.8. The largest absolute Gasteiger partial charge is 0.453 e. The molecule has 0 heterocycles. The molecule has 0 fully saturated rings. The lowest BCUT2D eigenvalue weighted by Crippen LogP contribution is -2.11. The van der Waals surface area contributed by atoms with E-state index in [4.69, 9.17) is 16.3 Å². The minimum absolute atomic E-state index is 0.170. The second kappa shape index (κ2) is 6.55. The highest BCUT2D eigenvalue weighted by molar-refractivity contribution is 6.32. The summed E-state index contributed by atoms with van der Waals surface area (Å²) in [5.74, 6) is 0.214. The monoisotopic (exact) mass is 279 g/mol. The first-order valence-electron chi connectivity index (χ1n) is 6.12. The van der Waals surface area contributed by atoms with Crippen molar-refractivity contribution in [3.8, 4) is 11.5 Å². The molecule has 0 spiro atoms. The van der Waals surface area contributed by atoms with Crippen molar-refractivity contribution in [1.82, 2.24) is 5.32 Å². The number of hydrogen-bond acceptors (Lipinski definition) is 2. The van der Waals surface area contributed by atoms with Gasteiger partial charge < -0.3 is 10.1 Å². The van der Waals surface area contributed by atoms with Crippen LogP contribution in [-0.4, -0.2) is 6.54 Å². The topological polar surface area (TPSA) is 21.3 Å². The SMILES string of the molecule is CCNCc1ccc(Oc2ccccc2F)c(Cl)c1. The lowest BCUT2D eigenvalue weighted by Gasteiger charge is -2.10. The number of ether oxygens (including phenoxy) is 1. The van der Waals surface area contributed by atoms with Gasteiger partial charge in [0.05, 0.1) is 5.02 Å². The molecule has 2 aromatic carbocycles. The van der Waals surface area contributed by atoms with E-state index in [0.717, 1.165) is 18.7 Å². The van der Waals surface area contributed by atoms with Crippen LogP contribution in [0.3, 0.4) is 0 Å². The molecule has 0 amide bonds. The summed E-state index contributed by atoms with van der Waals surface area (Å²) in [6, 6.07) is 11.7. The van der Waals surface area contributed by atoms with Gasteiger partial charge in [0, 0.05) is 6.54 Å². The summed E-state index contributed by atoms with van der Waals surface area (Å²) in [7, 11) is 0. The van der Waals surface area contributed by atoms with E-state index in [1.165, 1.54) is 6.07 Å². The molecule has 100 valence electrons. The fourth-order valence-corrected chi connectivity index (χ4v) is 1.89. The molecular formula is C15H15ClFNO. The average molecular weight is 280 g/mol. The Hall–Kier alpha value is -1.58. The molecule has 0 radical (unpaired) electrons. The van der Waals surface area contributed by atoms with Crippen LogP contribution in [0.5, 0.6) is 11.5 Å². The Morgan fingerprint density at radius 1 is 1.16 bits per heavy atom. The summed E-state index contributed by atoms with van der Waals surface area (Å²) in [6.07, 6.45) is 0. The second-order valence-electron chi connectivity index (χ2n) is 4.08. The maximum absolute atomic E-state index is 13.5. The van der Waals surface area contributed by atoms with Crippen molar-refractivity contribution in [2.24, 2.45) is 0 Å². The quantitative estimate of drug-likeness (QED) is 0.877. The molecule has 0 unspecified atom stereocenters. The van der Waals surface area contributed by atoms with Crippen molar-refractivity contribution in [3.63, 3.8) is 0 Å². The van der Waals surface area contributed by atoms with Crippen LogP contribution in [-0.2, 0) is 6.54 Å². The number of para-hydroxylation sites is 1. The van der Waals surface area contributed by atoms with Crippen LogP contribution >= 0.6 is 11.6 Å². The summed E-state index contributed by atoms with van der Waals surface area (Å²) in [4.78, 5) is 0. The highest BCUT2D eigenvalue weighted by Crippen LogP contribution is 2.31. The summed E-state index contributed by atoms with van der Waals surface area (Å²) in [6.45, 7) is 3.68. The lowest BCUT2D eigenvalue weighted by molar-refractivity contribution is 0.442. The van der Waals surface area contributed by atoms with Crippen LogP contribution in [0.15, 0.2) is 42.5 Å². The van der Waals surface area contributed by atoms with Crippen molar-refractivity contribution in [3.05, 3.63) is 58.9 Å². The Kier molecular flexibility index (Phi) is 4.77. The van der Waals surface area contributed by atoms with Crippen LogP contribution < -0.4 is 10.1 Å². The highest BCUT2D eigenvalue weighted by Gasteiger charge is 2.07. The van der Waals surface area contributed by atoms with Crippen molar-refractivity contribution < 1.29 is 9.13 Å². The third-order valence-corrected chi connectivity index (χ3v) is 2.93. The van der Waals surface area contributed by atoms with E-state index in [9.17, 15) is 4.39 Å². The van der Waals surface area contributed by atoms with Crippen LogP contribution in [0.4, 0.5) is 4.39 Å². The van der Waals surface area contributed by atoms with Gasteiger partial charge in [-0.15, -0.1) is 0 Å². The van der Waals surface area contributed by atoms with Crippen LogP contribution in [0.1, 0.15) is 12.5 Å². The number of rotatable bonds is 5. The second-order valence-corrected chi connectivity index (χ2v) is 4.48. The zero-order chi connectivity index (χ0) is 13.7. The summed E-state index contributed by atoms with van der Waals surface area (Å²) < 4.78 is 18.9. The molecule has 0 aromatic heterocycles. The van der Waals surface area contributed by atoms with Gasteiger partial charge in [0.2, 0.25) is 0 Å². The highest BCUT2D eigenvalue weighted by atomic mass is 35.5. The van der Waals surface area contributed by atoms with Gasteiger partial charge in [-0.2, -0.15) is 0 Å². The smallest absolute Gasteiger partial charge is 0.165 e. The molecule has 0 bridgehead atoms. The fraction of sp³-hybridized carbons (Fsp3) is 0.200. The zero-order valence-electron chi connectivity index (χ0n) is 10.6. The molecule has 0 aliphatic rings. The third kappa shape index (κ3) is 3.69. The first-order valence-corrected chi connectivity index (χ1v) is 6.50. The van der Waals surface area contributed by atoms with Crippen molar-refractivity contribution in [2.45, 2.75) is 13.5 Å². The van der Waals surface area contributed by atoms with Crippen molar-refractivity contribution >= 4 is 11.6 Å². The summed E-state index contributed by atoms with van der Waals surface area (Å²) in [5, 5.41) is 3.68. The van der Waals surface area contributed by atoms with E-state index in [1.54, 1.807) is 24.3 Å². The molecule has 4 heteroatoms.